The van der Waals surface area contributed by atoms with Gasteiger partial charge < -0.3 is 4.90 Å². The highest BCUT2D eigenvalue weighted by Crippen LogP contribution is 1.98. The summed E-state index contributed by atoms with van der Waals surface area (Å²) in [4.78, 5) is 2.11. The van der Waals surface area contributed by atoms with Crippen molar-refractivity contribution in [2.24, 2.45) is 0 Å². The number of nitrogens with one attached hydrogen (secondary N) is 1. The van der Waals surface area contributed by atoms with Crippen LogP contribution in [0.25, 0.3) is 0 Å². The lowest BCUT2D eigenvalue weighted by atomic mass is 10.8. The van der Waals surface area contributed by atoms with E-state index < -0.39 is 0 Å². The van der Waals surface area contributed by atoms with Gasteiger partial charge in [0.15, 0.2) is 0 Å². The molecule has 3 heteroatoms. The fourth-order valence-electron chi connectivity index (χ4n) is 0.835. The molecule has 9 heavy (non-hydrogen) atoms. The molecule has 1 aliphatic rings. The molecule has 0 atom stereocenters. The molecule has 0 aromatic rings. The van der Waals surface area contributed by atoms with Gasteiger partial charge >= 0.3 is 0 Å². The minimum absolute atomic E-state index is 0.952. The monoisotopic (exact) mass is 127 g/mol. The van der Waals surface area contributed by atoms with Crippen molar-refractivity contribution in [2.75, 3.05) is 20.3 Å². The molecule has 0 saturated heterocycles. The first kappa shape index (κ1) is 6.42. The second-order valence-electron chi connectivity index (χ2n) is 2.18. The maximum Gasteiger partial charge on any atom is 0.104 e. The highest BCUT2D eigenvalue weighted by atomic mass is 15.6. The van der Waals surface area contributed by atoms with E-state index in [0.717, 1.165) is 13.2 Å². The molecule has 0 fully saturated rings. The molecule has 0 aromatic carbocycles. The van der Waals surface area contributed by atoms with Crippen LogP contribution in [-0.2, 0) is 0 Å². The quantitative estimate of drug-likeness (QED) is 0.571. The van der Waals surface area contributed by atoms with Gasteiger partial charge in [0.1, 0.15) is 6.67 Å². The van der Waals surface area contributed by atoms with Crippen LogP contribution < -0.4 is 5.43 Å². The Morgan fingerprint density at radius 2 is 2.33 bits per heavy atom. The number of hydrogen-bond acceptors (Lipinski definition) is 3. The number of hydrazine groups is 1. The van der Waals surface area contributed by atoms with E-state index in [4.69, 9.17) is 0 Å². The summed E-state index contributed by atoms with van der Waals surface area (Å²) < 4.78 is 0. The summed E-state index contributed by atoms with van der Waals surface area (Å²) in [6.45, 7) is 4.03. The molecular formula is C6H13N3. The Morgan fingerprint density at radius 1 is 1.56 bits per heavy atom. The van der Waals surface area contributed by atoms with Crippen molar-refractivity contribution >= 4 is 0 Å². The SMILES string of the molecule is CCNN1C=CN(C)C1. The predicted octanol–water partition coefficient (Wildman–Crippen LogP) is 0.187. The van der Waals surface area contributed by atoms with Gasteiger partial charge in [-0.2, -0.15) is 0 Å². The van der Waals surface area contributed by atoms with Crippen LogP contribution >= 0.6 is 0 Å². The van der Waals surface area contributed by atoms with Gasteiger partial charge in [0.25, 0.3) is 0 Å². The zero-order valence-electron chi connectivity index (χ0n) is 5.96. The molecule has 0 saturated carbocycles. The maximum atomic E-state index is 3.18. The minimum atomic E-state index is 0.952. The molecular weight excluding hydrogens is 114 g/mol. The van der Waals surface area contributed by atoms with Crippen molar-refractivity contribution in [1.82, 2.24) is 15.3 Å². The second kappa shape index (κ2) is 2.73. The van der Waals surface area contributed by atoms with Crippen LogP contribution in [0.2, 0.25) is 0 Å². The van der Waals surface area contributed by atoms with Crippen LogP contribution in [0.3, 0.4) is 0 Å². The van der Waals surface area contributed by atoms with Crippen LogP contribution in [0.1, 0.15) is 6.92 Å². The van der Waals surface area contributed by atoms with Crippen molar-refractivity contribution in [3.05, 3.63) is 12.4 Å². The van der Waals surface area contributed by atoms with Gasteiger partial charge in [-0.25, -0.2) is 5.43 Å². The lowest BCUT2D eigenvalue weighted by molar-refractivity contribution is 0.229. The standard InChI is InChI=1S/C6H13N3/c1-3-7-9-5-4-8(2)6-9/h4-5,7H,3,6H2,1-2H3. The van der Waals surface area contributed by atoms with Gasteiger partial charge in [-0.1, -0.05) is 6.92 Å². The first-order chi connectivity index (χ1) is 4.33. The molecule has 1 heterocycles. The molecule has 0 aromatic heterocycles. The van der Waals surface area contributed by atoms with Gasteiger partial charge in [0, 0.05) is 26.0 Å². The third-order valence-electron chi connectivity index (χ3n) is 1.24. The molecule has 0 bridgehead atoms. The van der Waals surface area contributed by atoms with Crippen LogP contribution in [0, 0.1) is 0 Å². The van der Waals surface area contributed by atoms with Crippen molar-refractivity contribution < 1.29 is 0 Å². The third kappa shape index (κ3) is 1.61. The summed E-state index contributed by atoms with van der Waals surface area (Å²) in [6, 6.07) is 0. The molecule has 1 rings (SSSR count). The summed E-state index contributed by atoms with van der Waals surface area (Å²) in [5.41, 5.74) is 3.18. The Morgan fingerprint density at radius 3 is 2.78 bits per heavy atom. The van der Waals surface area contributed by atoms with E-state index in [1.165, 1.54) is 0 Å². The Kier molecular flexibility index (Phi) is 1.95. The summed E-state index contributed by atoms with van der Waals surface area (Å²) in [5, 5.41) is 2.06. The zero-order chi connectivity index (χ0) is 6.69. The van der Waals surface area contributed by atoms with Gasteiger partial charge in [-0.3, -0.25) is 5.01 Å². The van der Waals surface area contributed by atoms with E-state index in [9.17, 15) is 0 Å². The average Bonchev–Trinajstić information content (AvgIpc) is 2.17. The molecule has 0 aliphatic carbocycles. The van der Waals surface area contributed by atoms with Crippen molar-refractivity contribution in [3.8, 4) is 0 Å². The Bertz CT molecular complexity index is 111. The second-order valence-corrected chi connectivity index (χ2v) is 2.18. The predicted molar refractivity (Wildman–Crippen MR) is 37.3 cm³/mol. The normalized spacial score (nSPS) is 17.6. The Labute approximate surface area is 55.9 Å². The van der Waals surface area contributed by atoms with Gasteiger partial charge in [0.05, 0.1) is 0 Å². The van der Waals surface area contributed by atoms with Gasteiger partial charge in [0.2, 0.25) is 0 Å². The zero-order valence-corrected chi connectivity index (χ0v) is 5.96. The fraction of sp³-hybridized carbons (Fsp3) is 0.667. The first-order valence-electron chi connectivity index (χ1n) is 3.21. The van der Waals surface area contributed by atoms with E-state index in [0.29, 0.717) is 0 Å². The van der Waals surface area contributed by atoms with Crippen molar-refractivity contribution in [3.63, 3.8) is 0 Å². The Balaban J connectivity index is 2.24. The average molecular weight is 127 g/mol. The molecule has 0 amide bonds. The lowest BCUT2D eigenvalue weighted by Crippen LogP contribution is -2.34. The molecule has 0 unspecified atom stereocenters. The summed E-state index contributed by atoms with van der Waals surface area (Å²) in [5.74, 6) is 0. The van der Waals surface area contributed by atoms with Gasteiger partial charge in [-0.15, -0.1) is 0 Å². The highest BCUT2D eigenvalue weighted by Gasteiger charge is 2.04. The maximum absolute atomic E-state index is 3.18. The first-order valence-corrected chi connectivity index (χ1v) is 3.21. The summed E-state index contributed by atoms with van der Waals surface area (Å²) in [7, 11) is 2.05. The molecule has 3 nitrogen and oxygen atoms in total. The minimum Gasteiger partial charge on any atom is -0.360 e. The Hall–Kier alpha value is -0.700. The summed E-state index contributed by atoms with van der Waals surface area (Å²) in [6.07, 6.45) is 4.08. The smallest absolute Gasteiger partial charge is 0.104 e. The van der Waals surface area contributed by atoms with Crippen molar-refractivity contribution in [1.29, 1.82) is 0 Å². The molecule has 52 valence electrons. The van der Waals surface area contributed by atoms with Crippen molar-refractivity contribution in [2.45, 2.75) is 6.92 Å². The number of nitrogens with zero attached hydrogens (tertiary/aromatic N) is 2. The van der Waals surface area contributed by atoms with Crippen LogP contribution in [0.4, 0.5) is 0 Å². The molecule has 1 N–H and O–H groups in total. The third-order valence-corrected chi connectivity index (χ3v) is 1.24. The number of hydrogen-bond donors (Lipinski definition) is 1. The fourth-order valence-corrected chi connectivity index (χ4v) is 0.835. The largest absolute Gasteiger partial charge is 0.360 e. The molecule has 0 spiro atoms. The highest BCUT2D eigenvalue weighted by molar-refractivity contribution is 4.86. The van der Waals surface area contributed by atoms with Gasteiger partial charge in [-0.05, 0) is 0 Å². The van der Waals surface area contributed by atoms with Crippen LogP contribution in [-0.4, -0.2) is 30.2 Å². The van der Waals surface area contributed by atoms with Crippen LogP contribution in [0.15, 0.2) is 12.4 Å². The van der Waals surface area contributed by atoms with E-state index >= 15 is 0 Å². The van der Waals surface area contributed by atoms with E-state index in [1.54, 1.807) is 0 Å². The van der Waals surface area contributed by atoms with E-state index in [1.807, 2.05) is 19.4 Å². The summed E-state index contributed by atoms with van der Waals surface area (Å²) >= 11 is 0. The van der Waals surface area contributed by atoms with Crippen LogP contribution in [0.5, 0.6) is 0 Å². The van der Waals surface area contributed by atoms with E-state index in [2.05, 4.69) is 22.3 Å². The number of rotatable bonds is 2. The van der Waals surface area contributed by atoms with E-state index in [-0.39, 0.29) is 0 Å². The lowest BCUT2D eigenvalue weighted by Gasteiger charge is -2.17. The molecule has 0 radical (unpaired) electrons. The molecule has 1 aliphatic heterocycles. The topological polar surface area (TPSA) is 18.5 Å².